The van der Waals surface area contributed by atoms with Gasteiger partial charge in [0.15, 0.2) is 0 Å². The number of benzene rings is 1. The number of halogens is 2. The molecule has 21 heavy (non-hydrogen) atoms. The van der Waals surface area contributed by atoms with E-state index < -0.39 is 6.10 Å². The summed E-state index contributed by atoms with van der Waals surface area (Å²) >= 11 is 11.6. The lowest BCUT2D eigenvalue weighted by Gasteiger charge is -2.23. The molecule has 1 atom stereocenters. The van der Waals surface area contributed by atoms with Crippen LogP contribution in [0.25, 0.3) is 0 Å². The number of aliphatic hydroxyl groups is 1. The van der Waals surface area contributed by atoms with Crippen molar-refractivity contribution in [3.63, 3.8) is 0 Å². The third-order valence-corrected chi connectivity index (χ3v) is 6.16. The van der Waals surface area contributed by atoms with E-state index in [1.54, 1.807) is 0 Å². The molecule has 0 spiro atoms. The molecule has 0 bridgehead atoms. The first-order chi connectivity index (χ1) is 9.87. The smallest absolute Gasteiger partial charge is 0.0816 e. The van der Waals surface area contributed by atoms with Crippen molar-refractivity contribution in [3.05, 3.63) is 33.3 Å². The van der Waals surface area contributed by atoms with Crippen LogP contribution in [0.1, 0.15) is 38.4 Å². The monoisotopic (exact) mass is 391 g/mol. The highest BCUT2D eigenvalue weighted by molar-refractivity contribution is 9.10. The quantitative estimate of drug-likeness (QED) is 0.800. The van der Waals surface area contributed by atoms with Gasteiger partial charge in [-0.1, -0.05) is 47.4 Å². The van der Waals surface area contributed by atoms with E-state index in [-0.39, 0.29) is 0 Å². The second kappa shape index (κ2) is 7.69. The summed E-state index contributed by atoms with van der Waals surface area (Å²) < 4.78 is 1.32. The Hall–Kier alpha value is 0.260. The lowest BCUT2D eigenvalue weighted by molar-refractivity contribution is 0.143. The molecule has 1 fully saturated rings. The molecule has 1 aromatic carbocycles. The Morgan fingerprint density at radius 2 is 2.19 bits per heavy atom. The van der Waals surface area contributed by atoms with Gasteiger partial charge in [-0.05, 0) is 37.1 Å². The molecule has 0 saturated carbocycles. The van der Waals surface area contributed by atoms with Gasteiger partial charge >= 0.3 is 0 Å². The van der Waals surface area contributed by atoms with E-state index in [9.17, 15) is 5.11 Å². The summed E-state index contributed by atoms with van der Waals surface area (Å²) in [6, 6.07) is 5.67. The van der Waals surface area contributed by atoms with Gasteiger partial charge in [0.25, 0.3) is 0 Å². The fourth-order valence-corrected chi connectivity index (χ4v) is 4.46. The van der Waals surface area contributed by atoms with Gasteiger partial charge in [-0.2, -0.15) is 11.8 Å². The molecule has 5 heteroatoms. The Labute approximate surface area is 145 Å². The summed E-state index contributed by atoms with van der Waals surface area (Å²) in [4.78, 5) is 2.46. The molecule has 1 heterocycles. The van der Waals surface area contributed by atoms with E-state index in [1.165, 1.54) is 12.2 Å². The Balaban J connectivity index is 1.87. The normalized spacial score (nSPS) is 21.0. The molecule has 118 valence electrons. The van der Waals surface area contributed by atoms with Crippen LogP contribution >= 0.6 is 39.3 Å². The minimum Gasteiger partial charge on any atom is -0.388 e. The highest BCUT2D eigenvalue weighted by atomic mass is 79.9. The maximum atomic E-state index is 10.4. The van der Waals surface area contributed by atoms with Crippen LogP contribution in [0.5, 0.6) is 0 Å². The average Bonchev–Trinajstić information content (AvgIpc) is 2.57. The number of hydrogen-bond donors (Lipinski definition) is 1. The zero-order valence-corrected chi connectivity index (χ0v) is 15.8. The van der Waals surface area contributed by atoms with Crippen LogP contribution in [0.2, 0.25) is 5.02 Å². The van der Waals surface area contributed by atoms with E-state index in [1.807, 2.05) is 30.0 Å². The van der Waals surface area contributed by atoms with Crippen molar-refractivity contribution in [3.8, 4) is 0 Å². The Bertz CT molecular complexity index is 483. The summed E-state index contributed by atoms with van der Waals surface area (Å²) in [6.07, 6.45) is 1.44. The largest absolute Gasteiger partial charge is 0.388 e. The molecule has 0 radical (unpaired) electrons. The van der Waals surface area contributed by atoms with Crippen molar-refractivity contribution in [1.29, 1.82) is 0 Å². The molecule has 0 aliphatic carbocycles. The first-order valence-electron chi connectivity index (χ1n) is 7.37. The van der Waals surface area contributed by atoms with Crippen LogP contribution < -0.4 is 0 Å². The molecule has 1 aromatic rings. The SMILES string of the molecule is CC1(C)CCN(CCC(O)c2ccc(Br)cc2Cl)CCS1. The second-order valence-electron chi connectivity index (χ2n) is 6.17. The van der Waals surface area contributed by atoms with E-state index >= 15 is 0 Å². The molecule has 1 N–H and O–H groups in total. The van der Waals surface area contributed by atoms with Crippen LogP contribution in [0, 0.1) is 0 Å². The van der Waals surface area contributed by atoms with Crippen molar-refractivity contribution in [2.45, 2.75) is 37.5 Å². The lowest BCUT2D eigenvalue weighted by atomic mass is 10.1. The van der Waals surface area contributed by atoms with E-state index in [0.717, 1.165) is 36.1 Å². The number of aliphatic hydroxyl groups excluding tert-OH is 1. The van der Waals surface area contributed by atoms with Gasteiger partial charge in [0.1, 0.15) is 0 Å². The molecular weight excluding hydrogens is 370 g/mol. The van der Waals surface area contributed by atoms with E-state index in [0.29, 0.717) is 9.77 Å². The first-order valence-corrected chi connectivity index (χ1v) is 9.52. The van der Waals surface area contributed by atoms with E-state index in [2.05, 4.69) is 34.7 Å². The highest BCUT2D eigenvalue weighted by Gasteiger charge is 2.24. The third-order valence-electron chi connectivity index (χ3n) is 3.97. The zero-order chi connectivity index (χ0) is 15.5. The zero-order valence-electron chi connectivity index (χ0n) is 12.6. The molecule has 2 rings (SSSR count). The lowest BCUT2D eigenvalue weighted by Crippen LogP contribution is -2.29. The third kappa shape index (κ3) is 5.43. The molecule has 1 saturated heterocycles. The molecule has 1 unspecified atom stereocenters. The van der Waals surface area contributed by atoms with Gasteiger partial charge in [-0.25, -0.2) is 0 Å². The van der Waals surface area contributed by atoms with Crippen LogP contribution in [0.15, 0.2) is 22.7 Å². The fourth-order valence-electron chi connectivity index (χ4n) is 2.52. The molecule has 0 aromatic heterocycles. The number of thioether (sulfide) groups is 1. The maximum Gasteiger partial charge on any atom is 0.0816 e. The van der Waals surface area contributed by atoms with Crippen molar-refractivity contribution >= 4 is 39.3 Å². The van der Waals surface area contributed by atoms with Crippen LogP contribution in [0.3, 0.4) is 0 Å². The van der Waals surface area contributed by atoms with Crippen molar-refractivity contribution in [2.24, 2.45) is 0 Å². The molecule has 0 amide bonds. The molecule has 1 aliphatic rings. The first kappa shape index (κ1) is 17.6. The van der Waals surface area contributed by atoms with Crippen LogP contribution in [0.4, 0.5) is 0 Å². The highest BCUT2D eigenvalue weighted by Crippen LogP contribution is 2.32. The van der Waals surface area contributed by atoms with Gasteiger partial charge in [0.05, 0.1) is 6.10 Å². The summed E-state index contributed by atoms with van der Waals surface area (Å²) in [6.45, 7) is 7.77. The topological polar surface area (TPSA) is 23.5 Å². The number of rotatable bonds is 4. The van der Waals surface area contributed by atoms with Gasteiger partial charge < -0.3 is 10.0 Å². The molecular formula is C16H23BrClNOS. The predicted molar refractivity (Wildman–Crippen MR) is 96.3 cm³/mol. The summed E-state index contributed by atoms with van der Waals surface area (Å²) in [7, 11) is 0. The second-order valence-corrected chi connectivity index (χ2v) is 9.30. The minimum absolute atomic E-state index is 0.377. The minimum atomic E-state index is -0.491. The summed E-state index contributed by atoms with van der Waals surface area (Å²) in [5.74, 6) is 1.17. The molecule has 2 nitrogen and oxygen atoms in total. The average molecular weight is 393 g/mol. The fraction of sp³-hybridized carbons (Fsp3) is 0.625. The van der Waals surface area contributed by atoms with Gasteiger partial charge in [0.2, 0.25) is 0 Å². The van der Waals surface area contributed by atoms with Crippen molar-refractivity contribution in [2.75, 3.05) is 25.4 Å². The van der Waals surface area contributed by atoms with Crippen LogP contribution in [-0.4, -0.2) is 40.1 Å². The van der Waals surface area contributed by atoms with Crippen molar-refractivity contribution in [1.82, 2.24) is 4.90 Å². The van der Waals surface area contributed by atoms with Crippen LogP contribution in [-0.2, 0) is 0 Å². The van der Waals surface area contributed by atoms with Gasteiger partial charge in [0, 0.05) is 33.1 Å². The molecule has 1 aliphatic heterocycles. The summed E-state index contributed by atoms with van der Waals surface area (Å²) in [5.41, 5.74) is 0.824. The van der Waals surface area contributed by atoms with Gasteiger partial charge in [-0.15, -0.1) is 0 Å². The Morgan fingerprint density at radius 1 is 1.43 bits per heavy atom. The predicted octanol–water partition coefficient (Wildman–Crippen LogP) is 4.74. The standard InChI is InChI=1S/C16H23BrClNOS/c1-16(2)6-8-19(9-10-21-16)7-5-15(20)13-4-3-12(17)11-14(13)18/h3-4,11,15,20H,5-10H2,1-2H3. The number of nitrogens with zero attached hydrogens (tertiary/aromatic N) is 1. The maximum absolute atomic E-state index is 10.4. The number of hydrogen-bond acceptors (Lipinski definition) is 3. The Morgan fingerprint density at radius 3 is 2.90 bits per heavy atom. The van der Waals surface area contributed by atoms with Gasteiger partial charge in [-0.3, -0.25) is 0 Å². The summed E-state index contributed by atoms with van der Waals surface area (Å²) in [5, 5.41) is 11.0. The van der Waals surface area contributed by atoms with Crippen molar-refractivity contribution < 1.29 is 5.11 Å². The Kier molecular flexibility index (Phi) is 6.45. The van der Waals surface area contributed by atoms with E-state index in [4.69, 9.17) is 11.6 Å².